The van der Waals surface area contributed by atoms with E-state index >= 15 is 0 Å². The van der Waals surface area contributed by atoms with Crippen molar-refractivity contribution in [3.05, 3.63) is 48.2 Å². The van der Waals surface area contributed by atoms with E-state index in [4.69, 9.17) is 11.5 Å². The zero-order valence-corrected chi connectivity index (χ0v) is 10.2. The van der Waals surface area contributed by atoms with E-state index in [1.165, 1.54) is 22.7 Å². The summed E-state index contributed by atoms with van der Waals surface area (Å²) in [5.74, 6) is -0.787. The van der Waals surface area contributed by atoms with Crippen molar-refractivity contribution >= 4 is 17.4 Å². The number of nitrogen functional groups attached to an aromatic ring is 1. The van der Waals surface area contributed by atoms with Crippen molar-refractivity contribution in [1.29, 1.82) is 0 Å². The second-order valence-electron chi connectivity index (χ2n) is 4.22. The van der Waals surface area contributed by atoms with Gasteiger partial charge >= 0.3 is 0 Å². The summed E-state index contributed by atoms with van der Waals surface area (Å²) in [5.41, 5.74) is 12.8. The predicted octanol–water partition coefficient (Wildman–Crippen LogP) is 1.22. The Morgan fingerprint density at radius 3 is 2.60 bits per heavy atom. The van der Waals surface area contributed by atoms with Crippen LogP contribution in [0.3, 0.4) is 0 Å². The van der Waals surface area contributed by atoms with Crippen molar-refractivity contribution in [2.24, 2.45) is 5.73 Å². The van der Waals surface area contributed by atoms with Crippen LogP contribution in [-0.2, 0) is 0 Å². The SMILES string of the molecule is NC(=O)c1cnc(N)c2nc(-c3ccc(F)cc3)cn12. The van der Waals surface area contributed by atoms with Gasteiger partial charge in [-0.05, 0) is 24.3 Å². The van der Waals surface area contributed by atoms with Gasteiger partial charge < -0.3 is 11.5 Å². The largest absolute Gasteiger partial charge is 0.381 e. The van der Waals surface area contributed by atoms with E-state index in [0.29, 0.717) is 16.9 Å². The van der Waals surface area contributed by atoms with Gasteiger partial charge in [0.25, 0.3) is 5.91 Å². The molecule has 0 radical (unpaired) electrons. The number of amides is 1. The van der Waals surface area contributed by atoms with Gasteiger partial charge in [0, 0.05) is 11.8 Å². The molecule has 6 nitrogen and oxygen atoms in total. The van der Waals surface area contributed by atoms with Gasteiger partial charge in [0.05, 0.1) is 11.9 Å². The van der Waals surface area contributed by atoms with Crippen molar-refractivity contribution in [2.45, 2.75) is 0 Å². The molecule has 4 N–H and O–H groups in total. The highest BCUT2D eigenvalue weighted by Gasteiger charge is 2.13. The Morgan fingerprint density at radius 2 is 1.95 bits per heavy atom. The summed E-state index contributed by atoms with van der Waals surface area (Å²) in [4.78, 5) is 19.5. The molecule has 0 aliphatic heterocycles. The molecule has 0 unspecified atom stereocenters. The summed E-state index contributed by atoms with van der Waals surface area (Å²) in [5, 5.41) is 0. The van der Waals surface area contributed by atoms with Gasteiger partial charge in [0.1, 0.15) is 11.5 Å². The highest BCUT2D eigenvalue weighted by molar-refractivity contribution is 5.92. The van der Waals surface area contributed by atoms with Crippen LogP contribution in [0.1, 0.15) is 10.5 Å². The number of hydrogen-bond acceptors (Lipinski definition) is 4. The minimum Gasteiger partial charge on any atom is -0.381 e. The Kier molecular flexibility index (Phi) is 2.60. The lowest BCUT2D eigenvalue weighted by Gasteiger charge is -2.01. The van der Waals surface area contributed by atoms with Crippen molar-refractivity contribution in [3.63, 3.8) is 0 Å². The van der Waals surface area contributed by atoms with Crippen LogP contribution < -0.4 is 11.5 Å². The van der Waals surface area contributed by atoms with Crippen molar-refractivity contribution in [1.82, 2.24) is 14.4 Å². The highest BCUT2D eigenvalue weighted by Crippen LogP contribution is 2.22. The van der Waals surface area contributed by atoms with Crippen molar-refractivity contribution in [2.75, 3.05) is 5.73 Å². The van der Waals surface area contributed by atoms with Crippen LogP contribution in [-0.4, -0.2) is 20.3 Å². The van der Waals surface area contributed by atoms with Crippen LogP contribution in [0.5, 0.6) is 0 Å². The van der Waals surface area contributed by atoms with Crippen LogP contribution in [0.4, 0.5) is 10.2 Å². The van der Waals surface area contributed by atoms with Gasteiger partial charge in [-0.1, -0.05) is 0 Å². The van der Waals surface area contributed by atoms with Crippen molar-refractivity contribution < 1.29 is 9.18 Å². The number of nitrogens with two attached hydrogens (primary N) is 2. The zero-order valence-electron chi connectivity index (χ0n) is 10.2. The fraction of sp³-hybridized carbons (Fsp3) is 0. The van der Waals surface area contributed by atoms with E-state index in [1.54, 1.807) is 18.3 Å². The number of halogens is 1. The van der Waals surface area contributed by atoms with Crippen LogP contribution >= 0.6 is 0 Å². The molecular weight excluding hydrogens is 261 g/mol. The lowest BCUT2D eigenvalue weighted by molar-refractivity contribution is 0.0994. The Labute approximate surface area is 112 Å². The van der Waals surface area contributed by atoms with E-state index in [2.05, 4.69) is 9.97 Å². The number of hydrogen-bond donors (Lipinski definition) is 2. The summed E-state index contributed by atoms with van der Waals surface area (Å²) < 4.78 is 14.4. The van der Waals surface area contributed by atoms with E-state index in [1.807, 2.05) is 0 Å². The van der Waals surface area contributed by atoms with Gasteiger partial charge in [-0.3, -0.25) is 9.20 Å². The molecule has 0 saturated heterocycles. The maximum atomic E-state index is 12.9. The summed E-state index contributed by atoms with van der Waals surface area (Å²) in [7, 11) is 0. The molecule has 7 heteroatoms. The molecule has 2 heterocycles. The molecule has 3 aromatic rings. The Hall–Kier alpha value is -2.96. The number of rotatable bonds is 2. The normalized spacial score (nSPS) is 10.8. The Morgan fingerprint density at radius 1 is 1.25 bits per heavy atom. The molecule has 0 fully saturated rings. The third-order valence-corrected chi connectivity index (χ3v) is 2.91. The quantitative estimate of drug-likeness (QED) is 0.731. The summed E-state index contributed by atoms with van der Waals surface area (Å²) in [6, 6.07) is 5.83. The topological polar surface area (TPSA) is 99.3 Å². The van der Waals surface area contributed by atoms with E-state index < -0.39 is 5.91 Å². The molecule has 100 valence electrons. The van der Waals surface area contributed by atoms with Gasteiger partial charge in [-0.2, -0.15) is 0 Å². The molecule has 1 amide bonds. The molecular formula is C13H10FN5O. The van der Waals surface area contributed by atoms with Crippen molar-refractivity contribution in [3.8, 4) is 11.3 Å². The summed E-state index contributed by atoms with van der Waals surface area (Å²) >= 11 is 0. The molecule has 0 spiro atoms. The van der Waals surface area contributed by atoms with Gasteiger partial charge in [-0.15, -0.1) is 0 Å². The lowest BCUT2D eigenvalue weighted by atomic mass is 10.2. The second-order valence-corrected chi connectivity index (χ2v) is 4.22. The first kappa shape index (κ1) is 12.1. The highest BCUT2D eigenvalue weighted by atomic mass is 19.1. The van der Waals surface area contributed by atoms with Gasteiger partial charge in [0.15, 0.2) is 11.5 Å². The maximum absolute atomic E-state index is 12.9. The number of carbonyl (C=O) groups is 1. The first-order valence-electron chi connectivity index (χ1n) is 5.75. The fourth-order valence-corrected chi connectivity index (χ4v) is 1.94. The average molecular weight is 271 g/mol. The number of fused-ring (bicyclic) bond motifs is 1. The zero-order chi connectivity index (χ0) is 14.3. The Bertz CT molecular complexity index is 809. The lowest BCUT2D eigenvalue weighted by Crippen LogP contribution is -2.16. The number of imidazole rings is 1. The number of aromatic nitrogens is 3. The van der Waals surface area contributed by atoms with Crippen LogP contribution in [0.15, 0.2) is 36.7 Å². The number of anilines is 1. The second kappa shape index (κ2) is 4.30. The minimum atomic E-state index is -0.634. The number of nitrogens with zero attached hydrogens (tertiary/aromatic N) is 3. The van der Waals surface area contributed by atoms with Gasteiger partial charge in [-0.25, -0.2) is 14.4 Å². The third-order valence-electron chi connectivity index (χ3n) is 2.91. The number of primary amides is 1. The molecule has 2 aromatic heterocycles. The molecule has 3 rings (SSSR count). The molecule has 0 aliphatic carbocycles. The first-order valence-corrected chi connectivity index (χ1v) is 5.75. The maximum Gasteiger partial charge on any atom is 0.267 e. The predicted molar refractivity (Wildman–Crippen MR) is 71.3 cm³/mol. The molecule has 0 saturated carbocycles. The molecule has 0 bridgehead atoms. The van der Waals surface area contributed by atoms with Crippen LogP contribution in [0.2, 0.25) is 0 Å². The fourth-order valence-electron chi connectivity index (χ4n) is 1.94. The van der Waals surface area contributed by atoms with Gasteiger partial charge in [0.2, 0.25) is 0 Å². The number of carbonyl (C=O) groups excluding carboxylic acids is 1. The minimum absolute atomic E-state index is 0.176. The average Bonchev–Trinajstić information content (AvgIpc) is 2.85. The van der Waals surface area contributed by atoms with E-state index in [0.717, 1.165) is 0 Å². The smallest absolute Gasteiger partial charge is 0.267 e. The molecule has 0 atom stereocenters. The van der Waals surface area contributed by atoms with Crippen LogP contribution in [0.25, 0.3) is 16.9 Å². The van der Waals surface area contributed by atoms with E-state index in [-0.39, 0.29) is 17.3 Å². The number of benzene rings is 1. The Balaban J connectivity index is 2.24. The third kappa shape index (κ3) is 1.85. The molecule has 0 aliphatic rings. The monoisotopic (exact) mass is 271 g/mol. The molecule has 20 heavy (non-hydrogen) atoms. The van der Waals surface area contributed by atoms with Crippen LogP contribution in [0, 0.1) is 5.82 Å². The summed E-state index contributed by atoms with van der Waals surface area (Å²) in [6.07, 6.45) is 2.90. The standard InChI is InChI=1S/C13H10FN5O/c14-8-3-1-7(2-4-8)9-6-19-10(12(16)20)5-17-11(15)13(19)18-9/h1-6H,(H2,15,17)(H2,16,20). The molecule has 1 aromatic carbocycles. The van der Waals surface area contributed by atoms with E-state index in [9.17, 15) is 9.18 Å². The first-order chi connectivity index (χ1) is 9.56. The summed E-state index contributed by atoms with van der Waals surface area (Å²) in [6.45, 7) is 0.